The Balaban J connectivity index is 0.000000213. The number of nitrogens with zero attached hydrogens (tertiary/aromatic N) is 16. The van der Waals surface area contributed by atoms with Crippen LogP contribution in [0.15, 0.2) is 147 Å². The fraction of sp³-hybridized carbons (Fsp3) is 0.577. The van der Waals surface area contributed by atoms with Crippen molar-refractivity contribution in [2.24, 2.45) is 0 Å². The third-order valence-corrected chi connectivity index (χ3v) is 29.2. The second-order valence-corrected chi connectivity index (χ2v) is 41.8. The van der Waals surface area contributed by atoms with Crippen molar-refractivity contribution in [1.29, 1.82) is 21.0 Å². The van der Waals surface area contributed by atoms with Crippen LogP contribution in [-0.4, -0.2) is 182 Å². The van der Waals surface area contributed by atoms with Crippen LogP contribution < -0.4 is 20.5 Å². The number of fused-ring (bicyclic) bond motifs is 4. The maximum atomic E-state index is 15.0. The first-order valence-electron chi connectivity index (χ1n) is 50.9. The monoisotopic (exact) mass is 2100 g/mol. The van der Waals surface area contributed by atoms with E-state index in [0.29, 0.717) is 58.6 Å². The molecule has 42 heteroatoms. The predicted octanol–water partition coefficient (Wildman–Crippen LogP) is 21.6. The van der Waals surface area contributed by atoms with Gasteiger partial charge in [-0.15, -0.1) is 19.1 Å². The summed E-state index contributed by atoms with van der Waals surface area (Å²) in [6, 6.07) is 36.6. The predicted molar refractivity (Wildman–Crippen MR) is 543 cm³/mol. The lowest BCUT2D eigenvalue weighted by molar-refractivity contribution is -0.204. The molecule has 4 saturated heterocycles. The summed E-state index contributed by atoms with van der Waals surface area (Å²) in [5, 5.41) is 74.6. The Morgan fingerprint density at radius 2 is 0.856 bits per heavy atom. The minimum atomic E-state index is -4.63. The summed E-state index contributed by atoms with van der Waals surface area (Å²) in [6.07, 6.45) is 43.0. The van der Waals surface area contributed by atoms with Crippen LogP contribution in [0.25, 0.3) is 11.0 Å². The molecular weight excluding hydrogens is 1960 g/mol. The molecule has 0 saturated carbocycles. The largest absolute Gasteiger partial charge is 0.530 e. The fourth-order valence-corrected chi connectivity index (χ4v) is 20.8. The van der Waals surface area contributed by atoms with Crippen LogP contribution in [0.1, 0.15) is 281 Å². The summed E-state index contributed by atoms with van der Waals surface area (Å²) in [4.78, 5) is 15.5. The van der Waals surface area contributed by atoms with Gasteiger partial charge in [-0.3, -0.25) is 9.05 Å². The van der Waals surface area contributed by atoms with E-state index in [-0.39, 0.29) is 78.7 Å². The van der Waals surface area contributed by atoms with E-state index >= 15 is 0 Å². The third-order valence-electron chi connectivity index (χ3n) is 25.4. The molecule has 1 unspecified atom stereocenters. The van der Waals surface area contributed by atoms with Gasteiger partial charge in [0.1, 0.15) is 133 Å². The zero-order chi connectivity index (χ0) is 104. The van der Waals surface area contributed by atoms with Gasteiger partial charge in [0.15, 0.2) is 23.2 Å². The van der Waals surface area contributed by atoms with Gasteiger partial charge in [-0.2, -0.15) is 31.2 Å². The van der Waals surface area contributed by atoms with Crippen LogP contribution in [0.3, 0.4) is 0 Å². The Hall–Kier alpha value is -10.1. The van der Waals surface area contributed by atoms with Crippen molar-refractivity contribution in [3.63, 3.8) is 0 Å². The lowest BCUT2D eigenvalue weighted by Gasteiger charge is -2.29. The second kappa shape index (κ2) is 59.3. The number of nitrogen functional groups attached to an aromatic ring is 2. The first-order valence-corrected chi connectivity index (χ1v) is 54.6. The first kappa shape index (κ1) is 116. The van der Waals surface area contributed by atoms with Crippen molar-refractivity contribution in [1.82, 2.24) is 58.3 Å². The first-order chi connectivity index (χ1) is 70.7. The highest BCUT2D eigenvalue weighted by Gasteiger charge is 2.67. The molecule has 4 aromatic carbocycles. The van der Waals surface area contributed by atoms with E-state index < -0.39 is 105 Å². The molecule has 11 atom stereocenters. The average molecular weight is 2100 g/mol. The van der Waals surface area contributed by atoms with Crippen molar-refractivity contribution < 1.29 is 93.6 Å². The van der Waals surface area contributed by atoms with Gasteiger partial charge in [0.25, 0.3) is 0 Å². The number of aliphatic hydroxyl groups excluding tert-OH is 2. The Morgan fingerprint density at radius 3 is 1.24 bits per heavy atom. The normalized spacial score (nSPS) is 19.8. The zero-order valence-corrected chi connectivity index (χ0v) is 87.6. The molecule has 14 rings (SSSR count). The number of hydrogen-bond acceptors (Lipinski definition) is 32. The molecule has 36 nitrogen and oxygen atoms in total. The van der Waals surface area contributed by atoms with Crippen LogP contribution in [0.2, 0.25) is 10.0 Å². The van der Waals surface area contributed by atoms with Crippen LogP contribution >= 0.6 is 38.7 Å². The van der Waals surface area contributed by atoms with Crippen LogP contribution in [0, 0.1) is 57.0 Å². The lowest BCUT2D eigenvalue weighted by Crippen LogP contribution is -2.40. The number of aliphatic hydroxyl groups is 2. The maximum absolute atomic E-state index is 15.0. The molecule has 4 fully saturated rings. The lowest BCUT2D eigenvalue weighted by atomic mass is 9.92. The topological polar surface area (TPSA) is 473 Å². The number of halogens is 4. The molecule has 6 aromatic heterocycles. The maximum Gasteiger partial charge on any atom is 0.530 e. The molecule has 4 aliphatic heterocycles. The summed E-state index contributed by atoms with van der Waals surface area (Å²) in [5.41, 5.74) is 11.6. The number of hydrogen-bond donors (Lipinski definition) is 4. The van der Waals surface area contributed by atoms with Gasteiger partial charge in [-0.1, -0.05) is 266 Å². The molecule has 10 heterocycles. The number of nitrogens with two attached hydrogens (primary N) is 2. The molecule has 0 aliphatic carbocycles. The number of phosphoric ester groups is 1. The molecule has 146 heavy (non-hydrogen) atoms. The van der Waals surface area contributed by atoms with Crippen molar-refractivity contribution >= 4 is 61.4 Å². The van der Waals surface area contributed by atoms with Crippen molar-refractivity contribution in [2.45, 2.75) is 332 Å². The molecule has 4 aliphatic rings. The van der Waals surface area contributed by atoms with Gasteiger partial charge in [-0.05, 0) is 113 Å². The fourth-order valence-electron chi connectivity index (χ4n) is 17.6. The van der Waals surface area contributed by atoms with E-state index in [4.69, 9.17) is 105 Å². The van der Waals surface area contributed by atoms with Crippen LogP contribution in [0.4, 0.5) is 20.4 Å². The SMILES string of the molecule is CC1(C)O[C@H]2[C@@H](O1)[C@](C#N)(c1ccc3c(N)ncnn13)O[C@@H]2CO.CCCCCCCCCCCCCCCCCCOC[C@H](CO)OCc1ccc(C#N)cc1F.CCCCCCCCCCCCCCCCCCOC[C@H](COP(=O)(OC[C@H]1O[C@@](C#N)(c2ccc3c(N)ncnn23)[C@@H]2OC(C)(C)O[C@@H]21)Oc1ccccc1Cl)OCc1ccc(C#N)cc1F.O=P(Oc1ccccc1Cl)(n1cncn1)n1cncn1. The number of rotatable bonds is 60. The molecule has 0 spiro atoms. The van der Waals surface area contributed by atoms with Crippen LogP contribution in [-0.2, 0) is 90.0 Å². The van der Waals surface area contributed by atoms with E-state index in [1.807, 2.05) is 12.1 Å². The summed E-state index contributed by atoms with van der Waals surface area (Å²) in [5.74, 6) is -2.33. The smallest absolute Gasteiger partial charge is 0.410 e. The Bertz CT molecular complexity index is 5860. The number of unbranched alkanes of at least 4 members (excludes halogenated alkanes) is 30. The van der Waals surface area contributed by atoms with Crippen molar-refractivity contribution in [3.05, 3.63) is 202 Å². The molecule has 0 bridgehead atoms. The van der Waals surface area contributed by atoms with Gasteiger partial charge < -0.3 is 78.1 Å². The van der Waals surface area contributed by atoms with E-state index in [2.05, 4.69) is 66.3 Å². The number of aromatic nitrogens is 12. The molecular formula is C104H140Cl2F2N18O18P2. The Labute approximate surface area is 863 Å². The van der Waals surface area contributed by atoms with Crippen molar-refractivity contribution in [2.75, 3.05) is 64.3 Å². The van der Waals surface area contributed by atoms with Gasteiger partial charge in [0, 0.05) is 24.3 Å². The Morgan fingerprint density at radius 1 is 0.466 bits per heavy atom. The van der Waals surface area contributed by atoms with Gasteiger partial charge in [0.05, 0.1) is 97.6 Å². The minimum absolute atomic E-state index is 0.0164. The van der Waals surface area contributed by atoms with E-state index in [9.17, 15) is 43.9 Å². The molecule has 0 radical (unpaired) electrons. The van der Waals surface area contributed by atoms with Gasteiger partial charge >= 0.3 is 15.5 Å². The summed E-state index contributed by atoms with van der Waals surface area (Å²) >= 11 is 12.5. The Kier molecular flexibility index (Phi) is 47.2. The number of benzene rings is 4. The number of nitriles is 4. The molecule has 792 valence electrons. The number of anilines is 2. The second-order valence-electron chi connectivity index (χ2n) is 37.4. The van der Waals surface area contributed by atoms with E-state index in [0.717, 1.165) is 40.7 Å². The molecule has 0 amide bonds. The highest BCUT2D eigenvalue weighted by molar-refractivity contribution is 7.55. The third kappa shape index (κ3) is 33.4. The van der Waals surface area contributed by atoms with Crippen molar-refractivity contribution in [3.8, 4) is 35.8 Å². The molecule has 6 N–H and O–H groups in total. The average Bonchev–Trinajstić information content (AvgIpc) is 1.59. The minimum Gasteiger partial charge on any atom is -0.410 e. The summed E-state index contributed by atoms with van der Waals surface area (Å²) < 4.78 is 146. The number of para-hydroxylation sites is 2. The zero-order valence-electron chi connectivity index (χ0n) is 84.3. The van der Waals surface area contributed by atoms with Crippen LogP contribution in [0.5, 0.6) is 11.5 Å². The van der Waals surface area contributed by atoms with Gasteiger partial charge in [0.2, 0.25) is 11.2 Å². The standard InChI is InChI=1S/C50H67ClFN6O9P.C29H48FNO3.C15H17N5O4.C10H8ClN6O2P/c1-4-5-6-7-8-9-10-11-12-13-14-15-16-17-18-21-28-60-32-39(61-31-38-25-24-37(30-53)29-41(38)52)33-62-68(59,67-43-23-20-19-22-40(43)51)63-34-44-46-47(66-49(2,3)65-46)50(35-54,64-44)45-27-26-42-48(55)56-36-57-58(42)45;1-2-3-4-5-6-7-8-9-10-11-12-13-14-15-16-17-20-33-25-28(23-32)34-24-27-19-18-26(22-31)21-29(27)30;1-14(2)23-11-9(5-21)22-15(6-16,12(11)24-14)10-4-3-8-13(17)18-7-19-20(8)10;11-9-3-1-2-4-10(9)19-20(18,16-7-12-5-14-16)17-8-13-6-15-17/h19-20,22-27,29,36,39,44,46-47H,4-18,21,28,31-34H2,1-3H3,(H2,55,56,57);18-19,21,28,32H,2-17,20,23-25H2,1H3;3-4,7,9,11-12,21H,5H2,1-2H3,(H2,17,18,19);1-8H/t39-,44-,46-,47-,50+,68?;28-;9-,11-,12-,15+;/m101./s1. The van der Waals surface area contributed by atoms with E-state index in [1.54, 1.807) is 107 Å². The highest BCUT2D eigenvalue weighted by Crippen LogP contribution is 2.56. The quantitative estimate of drug-likeness (QED) is 0.0203. The summed E-state index contributed by atoms with van der Waals surface area (Å²) in [6.45, 7) is 11.5. The highest BCUT2D eigenvalue weighted by atomic mass is 35.5. The number of phosphoric acid groups is 1. The summed E-state index contributed by atoms with van der Waals surface area (Å²) in [7, 11) is -8.30. The van der Waals surface area contributed by atoms with Gasteiger partial charge in [-0.25, -0.2) is 46.9 Å². The molecule has 10 aromatic rings. The number of ether oxygens (including phenoxy) is 10. The van der Waals surface area contributed by atoms with E-state index in [1.165, 1.54) is 251 Å².